The summed E-state index contributed by atoms with van der Waals surface area (Å²) < 4.78 is 22.3. The number of carbonyl (C=O) groups is 1. The van der Waals surface area contributed by atoms with Crippen LogP contribution in [0.25, 0.3) is 0 Å². The standard InChI is InChI=1S/C14H16ClNO3S/c15-20(18,19)12-5-3-11(4-6-12)16-14(17)13-8-9-1-2-10(13)7-9/h3-6,9-10,13H,1-2,7-8H2,(H,16,17). The third-order valence-electron chi connectivity index (χ3n) is 4.48. The van der Waals surface area contributed by atoms with Crippen molar-refractivity contribution in [3.8, 4) is 0 Å². The Hall–Kier alpha value is -1.07. The molecule has 4 nitrogen and oxygen atoms in total. The van der Waals surface area contributed by atoms with Gasteiger partial charge >= 0.3 is 0 Å². The molecule has 108 valence electrons. The lowest BCUT2D eigenvalue weighted by molar-refractivity contribution is -0.121. The van der Waals surface area contributed by atoms with Gasteiger partial charge in [0, 0.05) is 22.3 Å². The zero-order valence-electron chi connectivity index (χ0n) is 10.9. The van der Waals surface area contributed by atoms with Gasteiger partial charge in [-0.3, -0.25) is 4.79 Å². The van der Waals surface area contributed by atoms with Gasteiger partial charge in [0.05, 0.1) is 4.90 Å². The van der Waals surface area contributed by atoms with Gasteiger partial charge in [-0.15, -0.1) is 0 Å². The summed E-state index contributed by atoms with van der Waals surface area (Å²) in [6.45, 7) is 0. The van der Waals surface area contributed by atoms with E-state index in [0.29, 0.717) is 11.6 Å². The molecule has 0 spiro atoms. The third-order valence-corrected chi connectivity index (χ3v) is 5.85. The van der Waals surface area contributed by atoms with Gasteiger partial charge in [0.25, 0.3) is 9.05 Å². The lowest BCUT2D eigenvalue weighted by Gasteiger charge is -2.20. The highest BCUT2D eigenvalue weighted by Crippen LogP contribution is 2.48. The molecule has 3 unspecified atom stereocenters. The Morgan fingerprint density at radius 3 is 2.35 bits per heavy atom. The quantitative estimate of drug-likeness (QED) is 0.873. The Labute approximate surface area is 122 Å². The lowest BCUT2D eigenvalue weighted by atomic mass is 9.88. The fourth-order valence-corrected chi connectivity index (χ4v) is 4.27. The second-order valence-corrected chi connectivity index (χ2v) is 8.30. The highest BCUT2D eigenvalue weighted by Gasteiger charge is 2.42. The second-order valence-electron chi connectivity index (χ2n) is 5.73. The summed E-state index contributed by atoms with van der Waals surface area (Å²) >= 11 is 0. The molecule has 0 aliphatic heterocycles. The molecule has 0 aromatic heterocycles. The van der Waals surface area contributed by atoms with E-state index in [4.69, 9.17) is 10.7 Å². The van der Waals surface area contributed by atoms with Gasteiger partial charge in [-0.1, -0.05) is 6.42 Å². The molecule has 6 heteroatoms. The summed E-state index contributed by atoms with van der Waals surface area (Å²) in [6, 6.07) is 5.94. The Morgan fingerprint density at radius 2 is 1.85 bits per heavy atom. The minimum Gasteiger partial charge on any atom is -0.326 e. The molecule has 1 N–H and O–H groups in total. The van der Waals surface area contributed by atoms with Crippen LogP contribution in [0.1, 0.15) is 25.7 Å². The smallest absolute Gasteiger partial charge is 0.261 e. The Morgan fingerprint density at radius 1 is 1.15 bits per heavy atom. The first-order valence-corrected chi connectivity index (χ1v) is 9.10. The normalized spacial score (nSPS) is 28.6. The number of hydrogen-bond acceptors (Lipinski definition) is 3. The summed E-state index contributed by atoms with van der Waals surface area (Å²) in [6.07, 6.45) is 4.59. The Bertz CT molecular complexity index is 626. The number of amides is 1. The molecule has 0 radical (unpaired) electrons. The summed E-state index contributed by atoms with van der Waals surface area (Å²) in [7, 11) is 1.54. The van der Waals surface area contributed by atoms with Crippen LogP contribution in [0.4, 0.5) is 5.69 Å². The first-order chi connectivity index (χ1) is 9.43. The summed E-state index contributed by atoms with van der Waals surface area (Å²) in [5.41, 5.74) is 0.613. The zero-order valence-corrected chi connectivity index (χ0v) is 12.5. The van der Waals surface area contributed by atoms with E-state index >= 15 is 0 Å². The van der Waals surface area contributed by atoms with Gasteiger partial charge in [-0.25, -0.2) is 8.42 Å². The zero-order chi connectivity index (χ0) is 14.3. The average molecular weight is 314 g/mol. The maximum absolute atomic E-state index is 12.2. The number of fused-ring (bicyclic) bond motifs is 2. The molecule has 1 aromatic rings. The molecule has 20 heavy (non-hydrogen) atoms. The Kier molecular flexibility index (Phi) is 3.50. The fraction of sp³-hybridized carbons (Fsp3) is 0.500. The molecule has 3 atom stereocenters. The van der Waals surface area contributed by atoms with E-state index in [9.17, 15) is 13.2 Å². The molecule has 2 aliphatic carbocycles. The number of carbonyl (C=O) groups excluding carboxylic acids is 1. The molecule has 1 aromatic carbocycles. The second kappa shape index (κ2) is 5.04. The van der Waals surface area contributed by atoms with E-state index in [1.54, 1.807) is 12.1 Å². The Balaban J connectivity index is 1.67. The maximum Gasteiger partial charge on any atom is 0.261 e. The summed E-state index contributed by atoms with van der Waals surface area (Å²) in [5.74, 6) is 1.42. The van der Waals surface area contributed by atoms with Crippen LogP contribution in [0, 0.1) is 17.8 Å². The van der Waals surface area contributed by atoms with Crippen molar-refractivity contribution >= 4 is 31.3 Å². The number of nitrogens with one attached hydrogen (secondary N) is 1. The molecule has 2 aliphatic rings. The number of halogens is 1. The summed E-state index contributed by atoms with van der Waals surface area (Å²) in [5, 5.41) is 2.87. The molecule has 0 saturated heterocycles. The molecule has 2 fully saturated rings. The number of rotatable bonds is 3. The van der Waals surface area contributed by atoms with E-state index < -0.39 is 9.05 Å². The fourth-order valence-electron chi connectivity index (χ4n) is 3.50. The number of hydrogen-bond donors (Lipinski definition) is 1. The molecule has 2 bridgehead atoms. The van der Waals surface area contributed by atoms with Gasteiger partial charge in [0.15, 0.2) is 0 Å². The molecule has 2 saturated carbocycles. The van der Waals surface area contributed by atoms with E-state index in [0.717, 1.165) is 18.8 Å². The van der Waals surface area contributed by atoms with Crippen LogP contribution in [-0.2, 0) is 13.8 Å². The number of anilines is 1. The van der Waals surface area contributed by atoms with Gasteiger partial charge < -0.3 is 5.32 Å². The first-order valence-electron chi connectivity index (χ1n) is 6.79. The van der Waals surface area contributed by atoms with Crippen LogP contribution in [-0.4, -0.2) is 14.3 Å². The van der Waals surface area contributed by atoms with E-state index in [2.05, 4.69) is 5.32 Å². The van der Waals surface area contributed by atoms with Crippen molar-refractivity contribution in [1.29, 1.82) is 0 Å². The minimum atomic E-state index is -3.71. The molecular weight excluding hydrogens is 298 g/mol. The van der Waals surface area contributed by atoms with Crippen molar-refractivity contribution < 1.29 is 13.2 Å². The van der Waals surface area contributed by atoms with Crippen LogP contribution in [0.2, 0.25) is 0 Å². The molecule has 3 rings (SSSR count). The van der Waals surface area contributed by atoms with Crippen molar-refractivity contribution in [3.05, 3.63) is 24.3 Å². The number of benzene rings is 1. The summed E-state index contributed by atoms with van der Waals surface area (Å²) in [4.78, 5) is 12.3. The average Bonchev–Trinajstić information content (AvgIpc) is 3.00. The van der Waals surface area contributed by atoms with Crippen LogP contribution in [0.5, 0.6) is 0 Å². The SMILES string of the molecule is O=C(Nc1ccc(S(=O)(=O)Cl)cc1)C1CC2CCC1C2. The monoisotopic (exact) mass is 313 g/mol. The van der Waals surface area contributed by atoms with Crippen molar-refractivity contribution in [3.63, 3.8) is 0 Å². The minimum absolute atomic E-state index is 0.0390. The highest BCUT2D eigenvalue weighted by atomic mass is 35.7. The van der Waals surface area contributed by atoms with E-state index in [1.807, 2.05) is 0 Å². The van der Waals surface area contributed by atoms with Crippen molar-refractivity contribution in [1.82, 2.24) is 0 Å². The predicted octanol–water partition coefficient (Wildman–Crippen LogP) is 2.99. The van der Waals surface area contributed by atoms with E-state index in [-0.39, 0.29) is 16.7 Å². The van der Waals surface area contributed by atoms with E-state index in [1.165, 1.54) is 25.0 Å². The van der Waals surface area contributed by atoms with Gasteiger partial charge in [-0.05, 0) is 55.4 Å². The van der Waals surface area contributed by atoms with Crippen molar-refractivity contribution in [2.24, 2.45) is 17.8 Å². The van der Waals surface area contributed by atoms with Gasteiger partial charge in [-0.2, -0.15) is 0 Å². The third kappa shape index (κ3) is 2.69. The van der Waals surface area contributed by atoms with Crippen LogP contribution in [0.3, 0.4) is 0 Å². The van der Waals surface area contributed by atoms with Gasteiger partial charge in [0.1, 0.15) is 0 Å². The van der Waals surface area contributed by atoms with Crippen LogP contribution < -0.4 is 5.32 Å². The molecular formula is C14H16ClNO3S. The van der Waals surface area contributed by atoms with Crippen molar-refractivity contribution in [2.75, 3.05) is 5.32 Å². The van der Waals surface area contributed by atoms with Crippen LogP contribution in [0.15, 0.2) is 29.2 Å². The topological polar surface area (TPSA) is 63.2 Å². The largest absolute Gasteiger partial charge is 0.326 e. The van der Waals surface area contributed by atoms with Crippen LogP contribution >= 0.6 is 10.7 Å². The molecule has 0 heterocycles. The lowest BCUT2D eigenvalue weighted by Crippen LogP contribution is -2.27. The van der Waals surface area contributed by atoms with Gasteiger partial charge in [0.2, 0.25) is 5.91 Å². The van der Waals surface area contributed by atoms with Crippen molar-refractivity contribution in [2.45, 2.75) is 30.6 Å². The first kappa shape index (κ1) is 13.9. The molecule has 1 amide bonds. The predicted molar refractivity (Wildman–Crippen MR) is 77.0 cm³/mol. The highest BCUT2D eigenvalue weighted by molar-refractivity contribution is 8.13. The maximum atomic E-state index is 12.2.